The van der Waals surface area contributed by atoms with Gasteiger partial charge in [0.2, 0.25) is 0 Å². The van der Waals surface area contributed by atoms with Crippen LogP contribution in [0.5, 0.6) is 0 Å². The van der Waals surface area contributed by atoms with Gasteiger partial charge in [-0.3, -0.25) is 14.7 Å². The fourth-order valence-corrected chi connectivity index (χ4v) is 3.96. The second kappa shape index (κ2) is 8.71. The second-order valence-electron chi connectivity index (χ2n) is 8.17. The molecule has 5 heteroatoms. The van der Waals surface area contributed by atoms with E-state index < -0.39 is 0 Å². The minimum Gasteiger partial charge on any atom is -0.334 e. The van der Waals surface area contributed by atoms with Crippen LogP contribution in [0.25, 0.3) is 21.9 Å². The molecule has 0 saturated carbocycles. The number of hydrogen-bond donors (Lipinski definition) is 2. The molecular weight excluding hydrogens is 398 g/mol. The average molecular weight is 426 g/mol. The molecule has 5 nitrogen and oxygen atoms in total. The third kappa shape index (κ3) is 4.02. The maximum atomic E-state index is 13.2. The Hall–Kier alpha value is -3.86. The normalized spacial score (nSPS) is 10.9. The quantitative estimate of drug-likeness (QED) is 0.456. The van der Waals surface area contributed by atoms with Crippen molar-refractivity contribution in [3.63, 3.8) is 0 Å². The molecule has 0 fully saturated rings. The zero-order valence-corrected chi connectivity index (χ0v) is 18.8. The lowest BCUT2D eigenvalue weighted by atomic mass is 9.96. The lowest BCUT2D eigenvalue weighted by molar-refractivity contribution is 0.251. The molecule has 0 atom stereocenters. The number of hydrogen-bond acceptors (Lipinski definition) is 2. The minimum absolute atomic E-state index is 0.142. The summed E-state index contributed by atoms with van der Waals surface area (Å²) in [7, 11) is 1.69. The molecule has 0 radical (unpaired) electrons. The van der Waals surface area contributed by atoms with Crippen LogP contribution in [0.2, 0.25) is 0 Å². The molecule has 0 unspecified atom stereocenters. The van der Waals surface area contributed by atoms with Gasteiger partial charge in [0.1, 0.15) is 5.82 Å². The first-order valence-electron chi connectivity index (χ1n) is 10.7. The van der Waals surface area contributed by atoms with Crippen molar-refractivity contribution in [1.29, 1.82) is 0 Å². The van der Waals surface area contributed by atoms with Crippen LogP contribution >= 0.6 is 0 Å². The summed E-state index contributed by atoms with van der Waals surface area (Å²) >= 11 is 0. The Labute approximate surface area is 187 Å². The van der Waals surface area contributed by atoms with Crippen molar-refractivity contribution in [3.8, 4) is 11.1 Å². The van der Waals surface area contributed by atoms with Crippen molar-refractivity contribution in [1.82, 2.24) is 9.88 Å². The highest BCUT2D eigenvalue weighted by atomic mass is 16.2. The number of aromatic nitrogens is 1. The number of carbonyl (C=O) groups is 1. The summed E-state index contributed by atoms with van der Waals surface area (Å²) < 4.78 is 1.52. The monoisotopic (exact) mass is 425 g/mol. The molecule has 4 aromatic rings. The Morgan fingerprint density at radius 2 is 1.47 bits per heavy atom. The number of aryl methyl sites for hydroxylation is 3. The van der Waals surface area contributed by atoms with Crippen LogP contribution in [0.15, 0.2) is 71.5 Å². The van der Waals surface area contributed by atoms with Crippen molar-refractivity contribution < 1.29 is 4.79 Å². The van der Waals surface area contributed by atoms with E-state index in [2.05, 4.69) is 10.6 Å². The Balaban J connectivity index is 1.80. The largest absolute Gasteiger partial charge is 0.334 e. The number of fused-ring (bicyclic) bond motifs is 1. The summed E-state index contributed by atoms with van der Waals surface area (Å²) in [5.74, 6) is 0.472. The first-order valence-corrected chi connectivity index (χ1v) is 10.7. The van der Waals surface area contributed by atoms with Crippen molar-refractivity contribution in [2.75, 3.05) is 5.32 Å². The molecule has 32 heavy (non-hydrogen) atoms. The van der Waals surface area contributed by atoms with Crippen LogP contribution in [-0.2, 0) is 13.6 Å². The zero-order valence-electron chi connectivity index (χ0n) is 18.8. The summed E-state index contributed by atoms with van der Waals surface area (Å²) in [5, 5.41) is 7.33. The molecule has 162 valence electrons. The Bertz CT molecular complexity index is 1370. The maximum absolute atomic E-state index is 13.2. The molecule has 0 saturated heterocycles. The number of anilines is 1. The van der Waals surface area contributed by atoms with Gasteiger partial charge < -0.3 is 5.32 Å². The van der Waals surface area contributed by atoms with E-state index in [1.807, 2.05) is 87.5 Å². The van der Waals surface area contributed by atoms with Crippen molar-refractivity contribution in [2.24, 2.45) is 7.05 Å². The van der Waals surface area contributed by atoms with Gasteiger partial charge >= 0.3 is 6.03 Å². The number of nitrogens with one attached hydrogen (secondary N) is 2. The summed E-state index contributed by atoms with van der Waals surface area (Å²) in [6.07, 6.45) is 0. The maximum Gasteiger partial charge on any atom is 0.320 e. The fraction of sp³-hybridized carbons (Fsp3) is 0.185. The van der Waals surface area contributed by atoms with Crippen LogP contribution in [-0.4, -0.2) is 10.6 Å². The molecule has 1 heterocycles. The van der Waals surface area contributed by atoms with Gasteiger partial charge in [0, 0.05) is 24.5 Å². The first kappa shape index (κ1) is 21.4. The molecule has 2 N–H and O–H groups in total. The highest BCUT2D eigenvalue weighted by molar-refractivity contribution is 6.05. The number of carbonyl (C=O) groups excluding carboxylic acids is 1. The van der Waals surface area contributed by atoms with Crippen molar-refractivity contribution in [2.45, 2.75) is 27.3 Å². The summed E-state index contributed by atoms with van der Waals surface area (Å²) in [6.45, 7) is 6.45. The van der Waals surface area contributed by atoms with Gasteiger partial charge in [0.25, 0.3) is 5.56 Å². The van der Waals surface area contributed by atoms with Gasteiger partial charge in [-0.2, -0.15) is 0 Å². The number of nitrogens with zero attached hydrogens (tertiary/aromatic N) is 1. The molecule has 0 bridgehead atoms. The molecule has 0 spiro atoms. The van der Waals surface area contributed by atoms with E-state index in [0.29, 0.717) is 17.7 Å². The van der Waals surface area contributed by atoms with Crippen LogP contribution in [0.1, 0.15) is 22.3 Å². The average Bonchev–Trinajstić information content (AvgIpc) is 2.79. The highest BCUT2D eigenvalue weighted by Gasteiger charge is 2.19. The van der Waals surface area contributed by atoms with Crippen LogP contribution in [0, 0.1) is 20.8 Å². The van der Waals surface area contributed by atoms with E-state index in [-0.39, 0.29) is 11.6 Å². The van der Waals surface area contributed by atoms with E-state index in [1.165, 1.54) is 4.57 Å². The van der Waals surface area contributed by atoms with E-state index in [0.717, 1.165) is 38.8 Å². The SMILES string of the molecule is Cc1cc2c(-c3ccccc3)c(NC(=O)NCc3ccccc3C)n(C)c(=O)c2cc1C. The molecule has 3 aromatic carbocycles. The van der Waals surface area contributed by atoms with E-state index in [9.17, 15) is 9.59 Å². The van der Waals surface area contributed by atoms with E-state index in [4.69, 9.17) is 0 Å². The molecule has 1 aromatic heterocycles. The van der Waals surface area contributed by atoms with Gasteiger partial charge in [-0.05, 0) is 60.0 Å². The third-order valence-corrected chi connectivity index (χ3v) is 6.01. The van der Waals surface area contributed by atoms with Crippen LogP contribution < -0.4 is 16.2 Å². The van der Waals surface area contributed by atoms with Gasteiger partial charge in [-0.1, -0.05) is 60.7 Å². The van der Waals surface area contributed by atoms with Gasteiger partial charge in [0.15, 0.2) is 0 Å². The van der Waals surface area contributed by atoms with Gasteiger partial charge in [-0.15, -0.1) is 0 Å². The van der Waals surface area contributed by atoms with E-state index >= 15 is 0 Å². The lowest BCUT2D eigenvalue weighted by Gasteiger charge is -2.19. The number of pyridine rings is 1. The standard InChI is InChI=1S/C27H27N3O2/c1-17-10-8-9-13-21(17)16-28-27(32)29-25-24(20-11-6-5-7-12-20)22-14-18(2)19(3)15-23(22)26(31)30(25)4/h5-15H,16H2,1-4H3,(H2,28,29,32). The van der Waals surface area contributed by atoms with Gasteiger partial charge in [-0.25, -0.2) is 4.79 Å². The Morgan fingerprint density at radius 1 is 0.844 bits per heavy atom. The third-order valence-electron chi connectivity index (χ3n) is 6.01. The van der Waals surface area contributed by atoms with Gasteiger partial charge in [0.05, 0.1) is 0 Å². The Morgan fingerprint density at radius 3 is 2.16 bits per heavy atom. The fourth-order valence-electron chi connectivity index (χ4n) is 3.96. The smallest absolute Gasteiger partial charge is 0.320 e. The number of urea groups is 1. The number of rotatable bonds is 4. The summed E-state index contributed by atoms with van der Waals surface area (Å²) in [5.41, 5.74) is 5.94. The molecule has 0 aliphatic rings. The van der Waals surface area contributed by atoms with E-state index in [1.54, 1.807) is 7.05 Å². The summed E-state index contributed by atoms with van der Waals surface area (Å²) in [4.78, 5) is 26.1. The van der Waals surface area contributed by atoms with Crippen LogP contribution in [0.3, 0.4) is 0 Å². The predicted molar refractivity (Wildman–Crippen MR) is 131 cm³/mol. The molecule has 2 amide bonds. The highest BCUT2D eigenvalue weighted by Crippen LogP contribution is 2.34. The topological polar surface area (TPSA) is 63.1 Å². The first-order chi connectivity index (χ1) is 15.4. The Kier molecular flexibility index (Phi) is 5.82. The zero-order chi connectivity index (χ0) is 22.8. The molecular formula is C27H27N3O2. The van der Waals surface area contributed by atoms with Crippen molar-refractivity contribution in [3.05, 3.63) is 99.3 Å². The van der Waals surface area contributed by atoms with Crippen LogP contribution in [0.4, 0.5) is 10.6 Å². The second-order valence-corrected chi connectivity index (χ2v) is 8.17. The molecule has 0 aliphatic carbocycles. The molecule has 4 rings (SSSR count). The lowest BCUT2D eigenvalue weighted by Crippen LogP contribution is -2.32. The number of benzene rings is 3. The molecule has 0 aliphatic heterocycles. The predicted octanol–water partition coefficient (Wildman–Crippen LogP) is 5.45. The number of amides is 2. The summed E-state index contributed by atoms with van der Waals surface area (Å²) in [6, 6.07) is 21.4. The minimum atomic E-state index is -0.358. The van der Waals surface area contributed by atoms with Crippen molar-refractivity contribution >= 4 is 22.6 Å².